The number of aromatic nitrogens is 1. The van der Waals surface area contributed by atoms with Gasteiger partial charge in [-0.3, -0.25) is 4.98 Å². The van der Waals surface area contributed by atoms with Crippen molar-refractivity contribution in [2.75, 3.05) is 0 Å². The molecule has 1 nitrogen and oxygen atoms in total. The molecule has 70 valence electrons. The minimum Gasteiger partial charge on any atom is -0.264 e. The molecule has 0 spiro atoms. The van der Waals surface area contributed by atoms with Gasteiger partial charge in [0.05, 0.1) is 5.02 Å². The fourth-order valence-electron chi connectivity index (χ4n) is 1.28. The summed E-state index contributed by atoms with van der Waals surface area (Å²) < 4.78 is 13.4. The van der Waals surface area contributed by atoms with Crippen molar-refractivity contribution in [2.24, 2.45) is 0 Å². The summed E-state index contributed by atoms with van der Waals surface area (Å²) in [6.45, 7) is 0. The normalized spacial score (nSPS) is 10.1. The van der Waals surface area contributed by atoms with Crippen molar-refractivity contribution in [3.63, 3.8) is 0 Å². The molecule has 0 saturated heterocycles. The van der Waals surface area contributed by atoms with Gasteiger partial charge in [0.2, 0.25) is 0 Å². The molecule has 0 bridgehead atoms. The highest BCUT2D eigenvalue weighted by Crippen LogP contribution is 2.29. The number of hydrogen-bond donors (Lipinski definition) is 0. The number of rotatable bonds is 1. The van der Waals surface area contributed by atoms with Crippen LogP contribution in [0.5, 0.6) is 0 Å². The zero-order valence-electron chi connectivity index (χ0n) is 7.24. The van der Waals surface area contributed by atoms with E-state index in [-0.39, 0.29) is 5.82 Å². The number of pyridine rings is 1. The fourth-order valence-corrected chi connectivity index (χ4v) is 1.56. The van der Waals surface area contributed by atoms with Crippen molar-refractivity contribution in [3.05, 3.63) is 53.6 Å². The monoisotopic (exact) mass is 207 g/mol. The summed E-state index contributed by atoms with van der Waals surface area (Å²) >= 11 is 5.90. The molecule has 0 fully saturated rings. The van der Waals surface area contributed by atoms with Crippen LogP contribution in [0, 0.1) is 5.82 Å². The van der Waals surface area contributed by atoms with E-state index in [0.29, 0.717) is 16.1 Å². The van der Waals surface area contributed by atoms with E-state index in [2.05, 4.69) is 4.98 Å². The quantitative estimate of drug-likeness (QED) is 0.697. The number of benzene rings is 1. The molecule has 1 aromatic carbocycles. The number of hydrogen-bond acceptors (Lipinski definition) is 1. The molecule has 0 saturated carbocycles. The van der Waals surface area contributed by atoms with Crippen LogP contribution >= 0.6 is 11.6 Å². The SMILES string of the molecule is Fc1cccc(Cl)c1-c1cccnc1. The predicted molar refractivity (Wildman–Crippen MR) is 54.6 cm³/mol. The summed E-state index contributed by atoms with van der Waals surface area (Å²) in [4.78, 5) is 3.92. The molecule has 0 unspecified atom stereocenters. The molecular weight excluding hydrogens is 201 g/mol. The Labute approximate surface area is 86.2 Å². The van der Waals surface area contributed by atoms with Crippen LogP contribution in [0.1, 0.15) is 0 Å². The zero-order chi connectivity index (χ0) is 9.97. The zero-order valence-corrected chi connectivity index (χ0v) is 8.00. The molecule has 1 heterocycles. The Morgan fingerprint density at radius 2 is 2.00 bits per heavy atom. The predicted octanol–water partition coefficient (Wildman–Crippen LogP) is 3.54. The lowest BCUT2D eigenvalue weighted by atomic mass is 10.1. The van der Waals surface area contributed by atoms with Gasteiger partial charge in [-0.2, -0.15) is 0 Å². The average Bonchev–Trinajstić information content (AvgIpc) is 2.19. The van der Waals surface area contributed by atoms with Gasteiger partial charge in [-0.15, -0.1) is 0 Å². The van der Waals surface area contributed by atoms with Crippen molar-refractivity contribution in [1.29, 1.82) is 0 Å². The van der Waals surface area contributed by atoms with E-state index in [0.717, 1.165) is 0 Å². The maximum Gasteiger partial charge on any atom is 0.132 e. The molecule has 0 radical (unpaired) electrons. The molecule has 0 N–H and O–H groups in total. The molecule has 3 heteroatoms. The van der Waals surface area contributed by atoms with E-state index in [9.17, 15) is 4.39 Å². The van der Waals surface area contributed by atoms with Crippen molar-refractivity contribution in [2.45, 2.75) is 0 Å². The first-order valence-electron chi connectivity index (χ1n) is 4.13. The van der Waals surface area contributed by atoms with Gasteiger partial charge < -0.3 is 0 Å². The molecular formula is C11H7ClFN. The molecule has 1 aromatic heterocycles. The summed E-state index contributed by atoms with van der Waals surface area (Å²) in [7, 11) is 0. The lowest BCUT2D eigenvalue weighted by molar-refractivity contribution is 0.631. The molecule has 0 aliphatic carbocycles. The molecule has 14 heavy (non-hydrogen) atoms. The van der Waals surface area contributed by atoms with Gasteiger partial charge in [0.15, 0.2) is 0 Å². The van der Waals surface area contributed by atoms with Gasteiger partial charge in [-0.25, -0.2) is 4.39 Å². The topological polar surface area (TPSA) is 12.9 Å². The van der Waals surface area contributed by atoms with Crippen LogP contribution in [-0.2, 0) is 0 Å². The Morgan fingerprint density at radius 1 is 1.14 bits per heavy atom. The van der Waals surface area contributed by atoms with Crippen LogP contribution in [0.15, 0.2) is 42.7 Å². The van der Waals surface area contributed by atoms with Gasteiger partial charge in [0, 0.05) is 23.5 Å². The average molecular weight is 208 g/mol. The Kier molecular flexibility index (Phi) is 2.46. The minimum atomic E-state index is -0.328. The van der Waals surface area contributed by atoms with Crippen molar-refractivity contribution >= 4 is 11.6 Å². The summed E-state index contributed by atoms with van der Waals surface area (Å²) in [6.07, 6.45) is 3.22. The van der Waals surface area contributed by atoms with Crippen LogP contribution in [0.4, 0.5) is 4.39 Å². The second-order valence-electron chi connectivity index (χ2n) is 2.84. The van der Waals surface area contributed by atoms with E-state index in [1.54, 1.807) is 36.7 Å². The maximum absolute atomic E-state index is 13.4. The first-order chi connectivity index (χ1) is 6.79. The van der Waals surface area contributed by atoms with E-state index in [4.69, 9.17) is 11.6 Å². The van der Waals surface area contributed by atoms with Gasteiger partial charge >= 0.3 is 0 Å². The third-order valence-corrected chi connectivity index (χ3v) is 2.23. The Hall–Kier alpha value is -1.41. The van der Waals surface area contributed by atoms with Gasteiger partial charge in [0.1, 0.15) is 5.82 Å². The van der Waals surface area contributed by atoms with Crippen LogP contribution in [0.25, 0.3) is 11.1 Å². The summed E-state index contributed by atoms with van der Waals surface area (Å²) in [5, 5.41) is 0.401. The van der Waals surface area contributed by atoms with E-state index in [1.807, 2.05) is 0 Å². The Balaban J connectivity index is 2.63. The van der Waals surface area contributed by atoms with Gasteiger partial charge in [-0.1, -0.05) is 23.7 Å². The first-order valence-corrected chi connectivity index (χ1v) is 4.51. The third-order valence-electron chi connectivity index (χ3n) is 1.91. The molecule has 2 rings (SSSR count). The minimum absolute atomic E-state index is 0.328. The first kappa shape index (κ1) is 9.16. The molecule has 0 amide bonds. The lowest BCUT2D eigenvalue weighted by Gasteiger charge is -2.04. The van der Waals surface area contributed by atoms with E-state index >= 15 is 0 Å². The molecule has 0 aliphatic rings. The van der Waals surface area contributed by atoms with Crippen LogP contribution in [0.2, 0.25) is 5.02 Å². The molecule has 0 aliphatic heterocycles. The van der Waals surface area contributed by atoms with Gasteiger partial charge in [0.25, 0.3) is 0 Å². The molecule has 2 aromatic rings. The summed E-state index contributed by atoms with van der Waals surface area (Å²) in [5.41, 5.74) is 1.10. The summed E-state index contributed by atoms with van der Waals surface area (Å²) in [5.74, 6) is -0.328. The highest BCUT2D eigenvalue weighted by atomic mass is 35.5. The highest BCUT2D eigenvalue weighted by Gasteiger charge is 2.08. The largest absolute Gasteiger partial charge is 0.264 e. The van der Waals surface area contributed by atoms with Crippen molar-refractivity contribution in [1.82, 2.24) is 4.98 Å². The molecule has 0 atom stereocenters. The van der Waals surface area contributed by atoms with E-state index < -0.39 is 0 Å². The highest BCUT2D eigenvalue weighted by molar-refractivity contribution is 6.33. The van der Waals surface area contributed by atoms with Crippen LogP contribution in [0.3, 0.4) is 0 Å². The van der Waals surface area contributed by atoms with E-state index in [1.165, 1.54) is 6.07 Å². The Bertz CT molecular complexity index is 422. The summed E-state index contributed by atoms with van der Waals surface area (Å²) in [6, 6.07) is 8.15. The van der Waals surface area contributed by atoms with Gasteiger partial charge in [-0.05, 0) is 18.2 Å². The number of halogens is 2. The smallest absolute Gasteiger partial charge is 0.132 e. The van der Waals surface area contributed by atoms with Crippen molar-refractivity contribution < 1.29 is 4.39 Å². The Morgan fingerprint density at radius 3 is 2.64 bits per heavy atom. The lowest BCUT2D eigenvalue weighted by Crippen LogP contribution is -1.85. The fraction of sp³-hybridized carbons (Fsp3) is 0. The standard InChI is InChI=1S/C11H7ClFN/c12-9-4-1-5-10(13)11(9)8-3-2-6-14-7-8/h1-7H. The number of nitrogens with zero attached hydrogens (tertiary/aromatic N) is 1. The third kappa shape index (κ3) is 1.61. The van der Waals surface area contributed by atoms with Crippen LogP contribution < -0.4 is 0 Å². The van der Waals surface area contributed by atoms with Crippen LogP contribution in [-0.4, -0.2) is 4.98 Å². The second kappa shape index (κ2) is 3.76. The second-order valence-corrected chi connectivity index (χ2v) is 3.25. The van der Waals surface area contributed by atoms with Crippen molar-refractivity contribution in [3.8, 4) is 11.1 Å². The maximum atomic E-state index is 13.4.